The molecule has 2 aromatic rings. The summed E-state index contributed by atoms with van der Waals surface area (Å²) >= 11 is 1.48. The predicted octanol–water partition coefficient (Wildman–Crippen LogP) is 3.20. The zero-order valence-electron chi connectivity index (χ0n) is 14.0. The first-order chi connectivity index (χ1) is 12.1. The van der Waals surface area contributed by atoms with Crippen LogP contribution in [0.2, 0.25) is 0 Å². The van der Waals surface area contributed by atoms with Crippen LogP contribution in [0.5, 0.6) is 0 Å². The minimum atomic E-state index is -0.370. The number of rotatable bonds is 8. The lowest BCUT2D eigenvalue weighted by molar-refractivity contribution is -0.118. The van der Waals surface area contributed by atoms with E-state index in [1.54, 1.807) is 30.3 Å². The first-order valence-corrected chi connectivity index (χ1v) is 9.00. The highest BCUT2D eigenvalue weighted by Gasteiger charge is 2.07. The molecule has 0 heterocycles. The van der Waals surface area contributed by atoms with Gasteiger partial charge in [-0.05, 0) is 41.8 Å². The number of carbonyl (C=O) groups excluding carboxylic acids is 2. The van der Waals surface area contributed by atoms with Gasteiger partial charge in [0, 0.05) is 12.3 Å². The highest BCUT2D eigenvalue weighted by molar-refractivity contribution is 7.99. The SMILES string of the molecule is COC(=O)c1cccc(CSCC(=O)NCCc2ccc(F)cc2)c1. The van der Waals surface area contributed by atoms with Gasteiger partial charge in [0.15, 0.2) is 0 Å². The van der Waals surface area contributed by atoms with Crippen molar-refractivity contribution in [3.05, 3.63) is 71.0 Å². The summed E-state index contributed by atoms with van der Waals surface area (Å²) in [5.74, 6) is 0.296. The monoisotopic (exact) mass is 361 g/mol. The second-order valence-electron chi connectivity index (χ2n) is 5.41. The second-order valence-corrected chi connectivity index (χ2v) is 6.40. The predicted molar refractivity (Wildman–Crippen MR) is 97.1 cm³/mol. The molecule has 2 rings (SSSR count). The Morgan fingerprint density at radius 3 is 2.60 bits per heavy atom. The maximum absolute atomic E-state index is 12.8. The van der Waals surface area contributed by atoms with Crippen LogP contribution in [0.4, 0.5) is 4.39 Å². The molecule has 0 saturated carbocycles. The lowest BCUT2D eigenvalue weighted by atomic mass is 10.1. The fourth-order valence-electron chi connectivity index (χ4n) is 2.22. The fourth-order valence-corrected chi connectivity index (χ4v) is 3.02. The molecule has 4 nitrogen and oxygen atoms in total. The van der Waals surface area contributed by atoms with E-state index in [2.05, 4.69) is 5.32 Å². The number of amides is 1. The molecule has 0 unspecified atom stereocenters. The molecular formula is C19H20FNO3S. The molecule has 0 aliphatic heterocycles. The lowest BCUT2D eigenvalue weighted by Crippen LogP contribution is -2.27. The topological polar surface area (TPSA) is 55.4 Å². The third-order valence-electron chi connectivity index (χ3n) is 3.50. The second kappa shape index (κ2) is 9.84. The number of benzene rings is 2. The van der Waals surface area contributed by atoms with Crippen LogP contribution in [0.3, 0.4) is 0 Å². The number of hydrogen-bond acceptors (Lipinski definition) is 4. The molecule has 25 heavy (non-hydrogen) atoms. The molecule has 0 aromatic heterocycles. The molecule has 0 aliphatic rings. The van der Waals surface area contributed by atoms with E-state index in [0.29, 0.717) is 30.0 Å². The summed E-state index contributed by atoms with van der Waals surface area (Å²) in [6.07, 6.45) is 0.665. The molecule has 2 aromatic carbocycles. The standard InChI is InChI=1S/C19H20FNO3S/c1-24-19(23)16-4-2-3-15(11-16)12-25-13-18(22)21-10-9-14-5-7-17(20)8-6-14/h2-8,11H,9-10,12-13H2,1H3,(H,21,22). The van der Waals surface area contributed by atoms with E-state index in [-0.39, 0.29) is 17.7 Å². The van der Waals surface area contributed by atoms with E-state index in [1.807, 2.05) is 6.07 Å². The number of halogens is 1. The maximum atomic E-state index is 12.8. The molecule has 0 atom stereocenters. The van der Waals surface area contributed by atoms with Gasteiger partial charge >= 0.3 is 5.97 Å². The van der Waals surface area contributed by atoms with Gasteiger partial charge in [0.05, 0.1) is 18.4 Å². The van der Waals surface area contributed by atoms with E-state index >= 15 is 0 Å². The summed E-state index contributed by atoms with van der Waals surface area (Å²) in [4.78, 5) is 23.3. The molecule has 132 valence electrons. The number of hydrogen-bond donors (Lipinski definition) is 1. The Hall–Kier alpha value is -2.34. The van der Waals surface area contributed by atoms with Crippen LogP contribution in [-0.4, -0.2) is 31.3 Å². The van der Waals surface area contributed by atoms with Crippen molar-refractivity contribution in [3.8, 4) is 0 Å². The average Bonchev–Trinajstić information content (AvgIpc) is 2.63. The van der Waals surface area contributed by atoms with Crippen molar-refractivity contribution in [1.29, 1.82) is 0 Å². The van der Waals surface area contributed by atoms with Crippen LogP contribution in [0.25, 0.3) is 0 Å². The van der Waals surface area contributed by atoms with E-state index in [9.17, 15) is 14.0 Å². The summed E-state index contributed by atoms with van der Waals surface area (Å²) in [6.45, 7) is 0.517. The van der Waals surface area contributed by atoms with Crippen molar-refractivity contribution in [3.63, 3.8) is 0 Å². The Labute approximate surface area is 150 Å². The molecular weight excluding hydrogens is 341 g/mol. The normalized spacial score (nSPS) is 10.3. The average molecular weight is 361 g/mol. The summed E-state index contributed by atoms with van der Waals surface area (Å²) in [5.41, 5.74) is 2.45. The van der Waals surface area contributed by atoms with Crippen LogP contribution in [0.1, 0.15) is 21.5 Å². The molecule has 0 fully saturated rings. The van der Waals surface area contributed by atoms with Crippen LogP contribution >= 0.6 is 11.8 Å². The Kier molecular flexibility index (Phi) is 7.47. The van der Waals surface area contributed by atoms with Crippen molar-refractivity contribution >= 4 is 23.6 Å². The van der Waals surface area contributed by atoms with Crippen LogP contribution in [0.15, 0.2) is 48.5 Å². The van der Waals surface area contributed by atoms with Crippen molar-refractivity contribution in [2.75, 3.05) is 19.4 Å². The number of carbonyl (C=O) groups is 2. The molecule has 0 spiro atoms. The number of thioether (sulfide) groups is 1. The van der Waals surface area contributed by atoms with Crippen molar-refractivity contribution < 1.29 is 18.7 Å². The molecule has 6 heteroatoms. The minimum Gasteiger partial charge on any atom is -0.465 e. The Morgan fingerprint density at radius 2 is 1.88 bits per heavy atom. The van der Waals surface area contributed by atoms with Gasteiger partial charge in [-0.1, -0.05) is 24.3 Å². The van der Waals surface area contributed by atoms with Gasteiger partial charge in [-0.25, -0.2) is 9.18 Å². The van der Waals surface area contributed by atoms with E-state index in [0.717, 1.165) is 11.1 Å². The molecule has 0 aliphatic carbocycles. The van der Waals surface area contributed by atoms with Crippen molar-refractivity contribution in [2.24, 2.45) is 0 Å². The van der Waals surface area contributed by atoms with Crippen LogP contribution in [0, 0.1) is 5.82 Å². The van der Waals surface area contributed by atoms with Gasteiger partial charge in [0.25, 0.3) is 0 Å². The number of nitrogens with one attached hydrogen (secondary N) is 1. The summed E-state index contributed by atoms with van der Waals surface area (Å²) < 4.78 is 17.5. The third kappa shape index (κ3) is 6.58. The van der Waals surface area contributed by atoms with Crippen molar-refractivity contribution in [1.82, 2.24) is 5.32 Å². The summed E-state index contributed by atoms with van der Waals surface area (Å²) in [6, 6.07) is 13.4. The van der Waals surface area contributed by atoms with Crippen LogP contribution in [-0.2, 0) is 21.7 Å². The van der Waals surface area contributed by atoms with Gasteiger partial charge in [-0.3, -0.25) is 4.79 Å². The summed E-state index contributed by atoms with van der Waals surface area (Å²) in [5, 5.41) is 2.84. The van der Waals surface area contributed by atoms with Crippen LogP contribution < -0.4 is 5.32 Å². The van der Waals surface area contributed by atoms with Gasteiger partial charge in [-0.15, -0.1) is 11.8 Å². The van der Waals surface area contributed by atoms with Crippen molar-refractivity contribution in [2.45, 2.75) is 12.2 Å². The minimum absolute atomic E-state index is 0.0452. The quantitative estimate of drug-likeness (QED) is 0.734. The highest BCUT2D eigenvalue weighted by Crippen LogP contribution is 2.14. The van der Waals surface area contributed by atoms with E-state index in [4.69, 9.17) is 4.74 Å². The smallest absolute Gasteiger partial charge is 0.337 e. The maximum Gasteiger partial charge on any atom is 0.337 e. The Bertz CT molecular complexity index is 719. The van der Waals surface area contributed by atoms with Gasteiger partial charge < -0.3 is 10.1 Å². The first kappa shape index (κ1) is 19.0. The first-order valence-electron chi connectivity index (χ1n) is 7.84. The molecule has 0 saturated heterocycles. The molecule has 1 amide bonds. The Balaban J connectivity index is 1.68. The van der Waals surface area contributed by atoms with E-state index < -0.39 is 0 Å². The highest BCUT2D eigenvalue weighted by atomic mass is 32.2. The molecule has 0 radical (unpaired) electrons. The molecule has 0 bridgehead atoms. The number of methoxy groups -OCH3 is 1. The summed E-state index contributed by atoms with van der Waals surface area (Å²) in [7, 11) is 1.35. The zero-order chi connectivity index (χ0) is 18.1. The third-order valence-corrected chi connectivity index (χ3v) is 4.50. The number of esters is 1. The Morgan fingerprint density at radius 1 is 1.12 bits per heavy atom. The molecule has 1 N–H and O–H groups in total. The zero-order valence-corrected chi connectivity index (χ0v) is 14.8. The number of ether oxygens (including phenoxy) is 1. The largest absolute Gasteiger partial charge is 0.465 e. The lowest BCUT2D eigenvalue weighted by Gasteiger charge is -2.06. The fraction of sp³-hybridized carbons (Fsp3) is 0.263. The van der Waals surface area contributed by atoms with Gasteiger partial charge in [-0.2, -0.15) is 0 Å². The van der Waals surface area contributed by atoms with Gasteiger partial charge in [0.1, 0.15) is 5.82 Å². The van der Waals surface area contributed by atoms with Gasteiger partial charge in [0.2, 0.25) is 5.91 Å². The van der Waals surface area contributed by atoms with E-state index in [1.165, 1.54) is 31.0 Å².